The fourth-order valence-electron chi connectivity index (χ4n) is 4.56. The van der Waals surface area contributed by atoms with Gasteiger partial charge in [0.1, 0.15) is 11.8 Å². The molecule has 1 heterocycles. The van der Waals surface area contributed by atoms with Crippen LogP contribution >= 0.6 is 0 Å². The van der Waals surface area contributed by atoms with Crippen LogP contribution in [0.1, 0.15) is 36.4 Å². The van der Waals surface area contributed by atoms with Crippen LogP contribution in [0.25, 0.3) is 6.08 Å². The Morgan fingerprint density at radius 2 is 1.67 bits per heavy atom. The first-order valence-corrected chi connectivity index (χ1v) is 13.4. The van der Waals surface area contributed by atoms with E-state index in [1.54, 1.807) is 25.3 Å². The van der Waals surface area contributed by atoms with Gasteiger partial charge in [-0.1, -0.05) is 42.8 Å². The number of ether oxygens (including phenoxy) is 1. The molecule has 2 amide bonds. The van der Waals surface area contributed by atoms with Crippen LogP contribution in [0, 0.1) is 0 Å². The van der Waals surface area contributed by atoms with Crippen molar-refractivity contribution in [3.8, 4) is 5.75 Å². The Hall–Kier alpha value is -4.14. The van der Waals surface area contributed by atoms with Gasteiger partial charge in [0.15, 0.2) is 0 Å². The highest BCUT2D eigenvalue weighted by atomic mass is 16.5. The van der Waals surface area contributed by atoms with E-state index in [-0.39, 0.29) is 11.8 Å². The number of piperidine rings is 1. The highest BCUT2D eigenvalue weighted by Crippen LogP contribution is 2.21. The third kappa shape index (κ3) is 8.43. The van der Waals surface area contributed by atoms with E-state index in [9.17, 15) is 9.59 Å². The number of nitrogens with two attached hydrogens (primary N) is 1. The number of rotatable bonds is 11. The molecular formula is C31H37N5O3. The number of para-hydroxylation sites is 2. The zero-order valence-corrected chi connectivity index (χ0v) is 22.4. The number of methoxy groups -OCH3 is 1. The number of nitrogens with one attached hydrogen (secondary N) is 3. The van der Waals surface area contributed by atoms with Gasteiger partial charge >= 0.3 is 0 Å². The lowest BCUT2D eigenvalue weighted by atomic mass is 10.0. The number of benzene rings is 3. The molecule has 4 rings (SSSR count). The van der Waals surface area contributed by atoms with Gasteiger partial charge in [0.25, 0.3) is 0 Å². The number of carbonyl (C=O) groups excluding carboxylic acids is 2. The SMILES string of the molecule is COc1ccc(NC(=O)C(NCCN2CCCCC2)c2ccc(C=CC(=O)Nc3ccccc3N)cc2)cc1. The molecule has 1 fully saturated rings. The average Bonchev–Trinajstić information content (AvgIpc) is 2.97. The molecule has 3 aromatic rings. The van der Waals surface area contributed by atoms with Crippen LogP contribution in [-0.4, -0.2) is 50.0 Å². The fourth-order valence-corrected chi connectivity index (χ4v) is 4.56. The lowest BCUT2D eigenvalue weighted by molar-refractivity contribution is -0.118. The number of hydrogen-bond acceptors (Lipinski definition) is 6. The van der Waals surface area contributed by atoms with Crippen molar-refractivity contribution in [3.05, 3.63) is 90.0 Å². The van der Waals surface area contributed by atoms with Crippen molar-refractivity contribution in [2.45, 2.75) is 25.3 Å². The summed E-state index contributed by atoms with van der Waals surface area (Å²) in [6, 6.07) is 21.5. The first kappa shape index (κ1) is 27.9. The highest BCUT2D eigenvalue weighted by Gasteiger charge is 2.21. The van der Waals surface area contributed by atoms with Crippen molar-refractivity contribution >= 4 is 35.0 Å². The van der Waals surface area contributed by atoms with Gasteiger partial charge < -0.3 is 31.3 Å². The summed E-state index contributed by atoms with van der Waals surface area (Å²) in [5.41, 5.74) is 9.37. The Kier molecular flexibility index (Phi) is 10.1. The standard InChI is InChI=1S/C31H37N5O3/c1-39-26-16-14-25(15-17-26)34-31(38)30(33-19-22-36-20-5-2-6-21-36)24-12-9-23(10-13-24)11-18-29(37)35-28-8-4-3-7-27(28)32/h3-4,7-18,30,33H,2,5-6,19-22,32H2,1H3,(H,34,38)(H,35,37). The number of amides is 2. The Labute approximate surface area is 230 Å². The number of likely N-dealkylation sites (tertiary alicyclic amines) is 1. The van der Waals surface area contributed by atoms with Crippen LogP contribution in [0.3, 0.4) is 0 Å². The van der Waals surface area contributed by atoms with Crippen LogP contribution in [0.4, 0.5) is 17.1 Å². The maximum Gasteiger partial charge on any atom is 0.248 e. The van der Waals surface area contributed by atoms with E-state index in [0.29, 0.717) is 23.6 Å². The van der Waals surface area contributed by atoms with Crippen molar-refractivity contribution in [1.29, 1.82) is 0 Å². The number of carbonyl (C=O) groups is 2. The largest absolute Gasteiger partial charge is 0.497 e. The molecule has 1 aliphatic rings. The summed E-state index contributed by atoms with van der Waals surface area (Å²) in [5, 5.41) is 9.25. The summed E-state index contributed by atoms with van der Waals surface area (Å²) in [6.45, 7) is 3.81. The minimum absolute atomic E-state index is 0.137. The van der Waals surface area contributed by atoms with E-state index in [1.165, 1.54) is 25.3 Å². The van der Waals surface area contributed by atoms with Gasteiger partial charge in [-0.25, -0.2) is 0 Å². The van der Waals surface area contributed by atoms with E-state index in [0.717, 1.165) is 36.5 Å². The Morgan fingerprint density at radius 3 is 2.36 bits per heavy atom. The topological polar surface area (TPSA) is 109 Å². The molecule has 1 aliphatic heterocycles. The molecule has 1 unspecified atom stereocenters. The van der Waals surface area contributed by atoms with Gasteiger partial charge in [-0.3, -0.25) is 9.59 Å². The van der Waals surface area contributed by atoms with E-state index in [4.69, 9.17) is 10.5 Å². The zero-order chi connectivity index (χ0) is 27.5. The molecular weight excluding hydrogens is 490 g/mol. The summed E-state index contributed by atoms with van der Waals surface area (Å²) in [5.74, 6) is 0.323. The third-order valence-corrected chi connectivity index (χ3v) is 6.76. The molecule has 0 spiro atoms. The first-order chi connectivity index (χ1) is 19.0. The highest BCUT2D eigenvalue weighted by molar-refractivity contribution is 6.03. The molecule has 1 atom stereocenters. The van der Waals surface area contributed by atoms with Crippen molar-refractivity contribution in [2.75, 3.05) is 49.7 Å². The number of hydrogen-bond donors (Lipinski definition) is 4. The summed E-state index contributed by atoms with van der Waals surface area (Å²) >= 11 is 0. The van der Waals surface area contributed by atoms with Crippen LogP contribution in [-0.2, 0) is 9.59 Å². The Balaban J connectivity index is 1.41. The zero-order valence-electron chi connectivity index (χ0n) is 22.4. The molecule has 39 heavy (non-hydrogen) atoms. The lowest BCUT2D eigenvalue weighted by Gasteiger charge is -2.27. The average molecular weight is 528 g/mol. The number of nitrogens with zero attached hydrogens (tertiary/aromatic N) is 1. The van der Waals surface area contributed by atoms with Gasteiger partial charge in [-0.05, 0) is 79.5 Å². The second kappa shape index (κ2) is 14.1. The van der Waals surface area contributed by atoms with Gasteiger partial charge in [-0.15, -0.1) is 0 Å². The van der Waals surface area contributed by atoms with Crippen molar-refractivity contribution < 1.29 is 14.3 Å². The maximum atomic E-state index is 13.4. The fraction of sp³-hybridized carbons (Fsp3) is 0.290. The Morgan fingerprint density at radius 1 is 0.949 bits per heavy atom. The second-order valence-electron chi connectivity index (χ2n) is 9.58. The lowest BCUT2D eigenvalue weighted by Crippen LogP contribution is -2.40. The summed E-state index contributed by atoms with van der Waals surface area (Å²) in [6.07, 6.45) is 6.94. The monoisotopic (exact) mass is 527 g/mol. The molecule has 1 saturated heterocycles. The maximum absolute atomic E-state index is 13.4. The predicted molar refractivity (Wildman–Crippen MR) is 158 cm³/mol. The van der Waals surface area contributed by atoms with Gasteiger partial charge in [0.05, 0.1) is 18.5 Å². The molecule has 0 aliphatic carbocycles. The summed E-state index contributed by atoms with van der Waals surface area (Å²) in [7, 11) is 1.61. The van der Waals surface area contributed by atoms with Crippen LogP contribution in [0.15, 0.2) is 78.9 Å². The summed E-state index contributed by atoms with van der Waals surface area (Å²) in [4.78, 5) is 28.1. The second-order valence-corrected chi connectivity index (χ2v) is 9.58. The molecule has 5 N–H and O–H groups in total. The van der Waals surface area contributed by atoms with Gasteiger partial charge in [0.2, 0.25) is 11.8 Å². The van der Waals surface area contributed by atoms with E-state index < -0.39 is 6.04 Å². The van der Waals surface area contributed by atoms with Crippen molar-refractivity contribution in [3.63, 3.8) is 0 Å². The van der Waals surface area contributed by atoms with E-state index in [2.05, 4.69) is 20.9 Å². The smallest absolute Gasteiger partial charge is 0.248 e. The molecule has 204 valence electrons. The quantitative estimate of drug-likeness (QED) is 0.213. The first-order valence-electron chi connectivity index (χ1n) is 13.4. The van der Waals surface area contributed by atoms with Crippen LogP contribution in [0.2, 0.25) is 0 Å². The molecule has 8 heteroatoms. The molecule has 0 saturated carbocycles. The van der Waals surface area contributed by atoms with E-state index in [1.807, 2.05) is 60.7 Å². The minimum Gasteiger partial charge on any atom is -0.497 e. The molecule has 0 aromatic heterocycles. The van der Waals surface area contributed by atoms with E-state index >= 15 is 0 Å². The van der Waals surface area contributed by atoms with Gasteiger partial charge in [0, 0.05) is 24.9 Å². The predicted octanol–water partition coefficient (Wildman–Crippen LogP) is 4.68. The van der Waals surface area contributed by atoms with Crippen LogP contribution < -0.4 is 26.4 Å². The third-order valence-electron chi connectivity index (χ3n) is 6.76. The molecule has 3 aromatic carbocycles. The van der Waals surface area contributed by atoms with Crippen LogP contribution in [0.5, 0.6) is 5.75 Å². The number of nitrogen functional groups attached to an aromatic ring is 1. The molecule has 0 radical (unpaired) electrons. The van der Waals surface area contributed by atoms with Crippen molar-refractivity contribution in [2.24, 2.45) is 0 Å². The van der Waals surface area contributed by atoms with Gasteiger partial charge in [-0.2, -0.15) is 0 Å². The Bertz CT molecular complexity index is 1250. The number of anilines is 3. The van der Waals surface area contributed by atoms with Crippen molar-refractivity contribution in [1.82, 2.24) is 10.2 Å². The summed E-state index contributed by atoms with van der Waals surface area (Å²) < 4.78 is 5.22. The molecule has 0 bridgehead atoms. The normalized spacial score (nSPS) is 14.6. The minimum atomic E-state index is -0.528. The molecule has 8 nitrogen and oxygen atoms in total.